The van der Waals surface area contributed by atoms with Crippen LogP contribution in [0.4, 0.5) is 5.69 Å². The third kappa shape index (κ3) is 2.30. The van der Waals surface area contributed by atoms with Crippen molar-refractivity contribution < 1.29 is 4.79 Å². The van der Waals surface area contributed by atoms with Gasteiger partial charge in [-0.25, -0.2) is 0 Å². The van der Waals surface area contributed by atoms with E-state index in [1.165, 1.54) is 11.1 Å². The van der Waals surface area contributed by atoms with E-state index in [0.29, 0.717) is 16.6 Å². The molecule has 2 aliphatic heterocycles. The minimum atomic E-state index is -0.633. The summed E-state index contributed by atoms with van der Waals surface area (Å²) in [7, 11) is 0. The summed E-state index contributed by atoms with van der Waals surface area (Å²) < 4.78 is 0. The summed E-state index contributed by atoms with van der Waals surface area (Å²) in [6.07, 6.45) is 4.00. The molecule has 0 bridgehead atoms. The number of benzene rings is 2. The fraction of sp³-hybridized carbons (Fsp3) is 0.286. The van der Waals surface area contributed by atoms with Gasteiger partial charge >= 0.3 is 0 Å². The topological polar surface area (TPSA) is 32.3 Å². The predicted octanol–water partition coefficient (Wildman–Crippen LogP) is 4.94. The molecule has 0 radical (unpaired) electrons. The van der Waals surface area contributed by atoms with E-state index in [9.17, 15) is 4.79 Å². The molecule has 2 aromatic rings. The van der Waals surface area contributed by atoms with Crippen LogP contribution in [-0.2, 0) is 10.2 Å². The Morgan fingerprint density at radius 3 is 2.73 bits per heavy atom. The normalized spacial score (nSPS) is 23.3. The SMILES string of the molecule is Cc1ccc2c(c1)C(C)(C)[C@]1(/C=C/c3cccc(Cl)c3Cl)NC(=O)CN21. The van der Waals surface area contributed by atoms with Crippen molar-refractivity contribution in [1.82, 2.24) is 5.32 Å². The fourth-order valence-corrected chi connectivity index (χ4v) is 4.52. The van der Waals surface area contributed by atoms with Crippen molar-refractivity contribution >= 4 is 40.9 Å². The first-order chi connectivity index (χ1) is 12.3. The molecule has 1 N–H and O–H groups in total. The van der Waals surface area contributed by atoms with Gasteiger partial charge in [0.1, 0.15) is 5.66 Å². The van der Waals surface area contributed by atoms with Crippen LogP contribution in [-0.4, -0.2) is 18.1 Å². The number of nitrogens with one attached hydrogen (secondary N) is 1. The van der Waals surface area contributed by atoms with E-state index >= 15 is 0 Å². The number of anilines is 1. The number of fused-ring (bicyclic) bond motifs is 3. The molecule has 0 saturated carbocycles. The summed E-state index contributed by atoms with van der Waals surface area (Å²) in [5.41, 5.74) is 3.44. The number of rotatable bonds is 2. The molecule has 2 aromatic carbocycles. The van der Waals surface area contributed by atoms with Crippen LogP contribution < -0.4 is 10.2 Å². The van der Waals surface area contributed by atoms with E-state index in [1.807, 2.05) is 24.3 Å². The van der Waals surface area contributed by atoms with Gasteiger partial charge in [-0.05, 0) is 36.3 Å². The summed E-state index contributed by atoms with van der Waals surface area (Å²) in [4.78, 5) is 14.5. The van der Waals surface area contributed by atoms with Crippen LogP contribution in [0, 0.1) is 6.92 Å². The largest absolute Gasteiger partial charge is 0.335 e. The molecule has 4 rings (SSSR count). The molecule has 0 aliphatic carbocycles. The third-order valence-electron chi connectivity index (χ3n) is 5.61. The molecule has 2 aliphatic rings. The number of hydrogen-bond acceptors (Lipinski definition) is 2. The highest BCUT2D eigenvalue weighted by Gasteiger charge is 2.59. The number of hydrogen-bond donors (Lipinski definition) is 1. The molecule has 0 spiro atoms. The lowest BCUT2D eigenvalue weighted by Crippen LogP contribution is -2.58. The van der Waals surface area contributed by atoms with E-state index in [4.69, 9.17) is 23.2 Å². The first-order valence-corrected chi connectivity index (χ1v) is 9.35. The number of aryl methyl sites for hydroxylation is 1. The molecule has 5 heteroatoms. The van der Waals surface area contributed by atoms with Gasteiger partial charge in [0, 0.05) is 11.1 Å². The molecule has 0 unspecified atom stereocenters. The number of nitrogens with zero attached hydrogens (tertiary/aromatic N) is 1. The van der Waals surface area contributed by atoms with Crippen LogP contribution in [0.15, 0.2) is 42.5 Å². The van der Waals surface area contributed by atoms with Gasteiger partial charge in [-0.2, -0.15) is 0 Å². The molecule has 3 nitrogen and oxygen atoms in total. The molecule has 1 atom stereocenters. The van der Waals surface area contributed by atoms with E-state index in [-0.39, 0.29) is 11.3 Å². The van der Waals surface area contributed by atoms with Crippen LogP contribution in [0.3, 0.4) is 0 Å². The zero-order chi connectivity index (χ0) is 18.7. The standard InChI is InChI=1S/C21H20Cl2N2O/c1-13-7-8-17-15(11-13)20(2,3)21(24-18(26)12-25(17)21)10-9-14-5-4-6-16(22)19(14)23/h4-11H,12H2,1-3H3,(H,24,26)/b10-9+/t21-/m1/s1. The average molecular weight is 387 g/mol. The molecule has 26 heavy (non-hydrogen) atoms. The van der Waals surface area contributed by atoms with Crippen LogP contribution >= 0.6 is 23.2 Å². The second-order valence-electron chi connectivity index (χ2n) is 7.52. The molecule has 0 aromatic heterocycles. The quantitative estimate of drug-likeness (QED) is 0.792. The Labute approximate surface area is 163 Å². The second-order valence-corrected chi connectivity index (χ2v) is 8.31. The second kappa shape index (κ2) is 5.77. The first kappa shape index (κ1) is 17.4. The zero-order valence-corrected chi connectivity index (χ0v) is 16.4. The highest BCUT2D eigenvalue weighted by Crippen LogP contribution is 2.53. The number of amides is 1. The summed E-state index contributed by atoms with van der Waals surface area (Å²) in [5, 5.41) is 4.25. The van der Waals surface area contributed by atoms with Gasteiger partial charge in [-0.1, -0.05) is 73.0 Å². The Kier molecular flexibility index (Phi) is 3.87. The lowest BCUT2D eigenvalue weighted by Gasteiger charge is -2.40. The Hall–Kier alpha value is -1.97. The zero-order valence-electron chi connectivity index (χ0n) is 14.9. The summed E-state index contributed by atoms with van der Waals surface area (Å²) >= 11 is 12.5. The van der Waals surface area contributed by atoms with Crippen molar-refractivity contribution in [2.75, 3.05) is 11.4 Å². The van der Waals surface area contributed by atoms with Crippen molar-refractivity contribution in [2.45, 2.75) is 31.8 Å². The summed E-state index contributed by atoms with van der Waals surface area (Å²) in [6, 6.07) is 12.0. The van der Waals surface area contributed by atoms with Gasteiger partial charge in [0.2, 0.25) is 5.91 Å². The Balaban J connectivity index is 1.86. The van der Waals surface area contributed by atoms with Gasteiger partial charge in [0.05, 0.1) is 16.6 Å². The Morgan fingerprint density at radius 1 is 1.19 bits per heavy atom. The number of carbonyl (C=O) groups is 1. The maximum Gasteiger partial charge on any atom is 0.241 e. The van der Waals surface area contributed by atoms with Crippen LogP contribution in [0.1, 0.15) is 30.5 Å². The highest BCUT2D eigenvalue weighted by atomic mass is 35.5. The van der Waals surface area contributed by atoms with Crippen LogP contribution in [0.25, 0.3) is 6.08 Å². The maximum atomic E-state index is 12.3. The average Bonchev–Trinajstić information content (AvgIpc) is 3.01. The van der Waals surface area contributed by atoms with E-state index < -0.39 is 5.66 Å². The number of halogens is 2. The minimum absolute atomic E-state index is 0.0196. The fourth-order valence-electron chi connectivity index (χ4n) is 4.15. The van der Waals surface area contributed by atoms with Crippen molar-refractivity contribution in [3.63, 3.8) is 0 Å². The van der Waals surface area contributed by atoms with E-state index in [0.717, 1.165) is 11.3 Å². The van der Waals surface area contributed by atoms with Gasteiger partial charge in [-0.15, -0.1) is 0 Å². The summed E-state index contributed by atoms with van der Waals surface area (Å²) in [5.74, 6) is 0.0196. The lowest BCUT2D eigenvalue weighted by atomic mass is 9.75. The van der Waals surface area contributed by atoms with E-state index in [1.54, 1.807) is 6.07 Å². The maximum absolute atomic E-state index is 12.3. The van der Waals surface area contributed by atoms with Gasteiger partial charge in [0.15, 0.2) is 0 Å². The lowest BCUT2D eigenvalue weighted by molar-refractivity contribution is -0.118. The Bertz CT molecular complexity index is 951. The third-order valence-corrected chi connectivity index (χ3v) is 6.45. The van der Waals surface area contributed by atoms with Crippen molar-refractivity contribution in [3.8, 4) is 0 Å². The van der Waals surface area contributed by atoms with Crippen LogP contribution in [0.5, 0.6) is 0 Å². The van der Waals surface area contributed by atoms with Crippen molar-refractivity contribution in [3.05, 3.63) is 69.2 Å². The van der Waals surface area contributed by atoms with Crippen molar-refractivity contribution in [2.24, 2.45) is 0 Å². The molecule has 1 saturated heterocycles. The molecule has 134 valence electrons. The van der Waals surface area contributed by atoms with Gasteiger partial charge < -0.3 is 10.2 Å². The smallest absolute Gasteiger partial charge is 0.241 e. The van der Waals surface area contributed by atoms with E-state index in [2.05, 4.69) is 49.2 Å². The van der Waals surface area contributed by atoms with Crippen molar-refractivity contribution in [1.29, 1.82) is 0 Å². The van der Waals surface area contributed by atoms with Gasteiger partial charge in [-0.3, -0.25) is 4.79 Å². The molecule has 1 amide bonds. The van der Waals surface area contributed by atoms with Gasteiger partial charge in [0.25, 0.3) is 0 Å². The monoisotopic (exact) mass is 386 g/mol. The molecular formula is C21H20Cl2N2O. The minimum Gasteiger partial charge on any atom is -0.335 e. The van der Waals surface area contributed by atoms with Crippen LogP contribution in [0.2, 0.25) is 10.0 Å². The predicted molar refractivity (Wildman–Crippen MR) is 108 cm³/mol. The molecular weight excluding hydrogens is 367 g/mol. The number of carbonyl (C=O) groups excluding carboxylic acids is 1. The molecule has 2 heterocycles. The Morgan fingerprint density at radius 2 is 1.96 bits per heavy atom. The summed E-state index contributed by atoms with van der Waals surface area (Å²) in [6.45, 7) is 6.77. The highest BCUT2D eigenvalue weighted by molar-refractivity contribution is 6.42. The first-order valence-electron chi connectivity index (χ1n) is 8.59. The molecule has 1 fully saturated rings.